The molecule has 15 heavy (non-hydrogen) atoms. The third-order valence-corrected chi connectivity index (χ3v) is 2.26. The molecule has 0 saturated carbocycles. The smallest absolute Gasteiger partial charge is 0.0836 e. The molecule has 0 radical (unpaired) electrons. The van der Waals surface area contributed by atoms with Crippen LogP contribution in [0.25, 0.3) is 16.6 Å². The number of halogens is 1. The maximum Gasteiger partial charge on any atom is 0.0836 e. The van der Waals surface area contributed by atoms with Gasteiger partial charge < -0.3 is 4.57 Å². The highest BCUT2D eigenvalue weighted by atomic mass is 35.5. The van der Waals surface area contributed by atoms with E-state index in [1.807, 2.05) is 29.2 Å². The predicted molar refractivity (Wildman–Crippen MR) is 60.5 cm³/mol. The van der Waals surface area contributed by atoms with E-state index < -0.39 is 0 Å². The van der Waals surface area contributed by atoms with Gasteiger partial charge in [-0.25, -0.2) is 0 Å². The summed E-state index contributed by atoms with van der Waals surface area (Å²) in [5, 5.41) is 7.89. The van der Waals surface area contributed by atoms with Crippen LogP contribution in [0, 0.1) is 0 Å². The number of aromatic amines is 1. The van der Waals surface area contributed by atoms with Gasteiger partial charge in [-0.05, 0) is 12.1 Å². The molecule has 0 aromatic carbocycles. The summed E-state index contributed by atoms with van der Waals surface area (Å²) in [7, 11) is 0. The van der Waals surface area contributed by atoms with Crippen LogP contribution in [0.15, 0.2) is 43.1 Å². The fourth-order valence-electron chi connectivity index (χ4n) is 1.58. The first-order valence-corrected chi connectivity index (χ1v) is 4.35. The van der Waals surface area contributed by atoms with Crippen LogP contribution >= 0.6 is 12.4 Å². The fourth-order valence-corrected chi connectivity index (χ4v) is 1.58. The van der Waals surface area contributed by atoms with Crippen molar-refractivity contribution in [1.29, 1.82) is 0 Å². The van der Waals surface area contributed by atoms with Crippen molar-refractivity contribution >= 4 is 23.3 Å². The topological polar surface area (TPSA) is 46.5 Å². The van der Waals surface area contributed by atoms with Gasteiger partial charge in [0, 0.05) is 24.0 Å². The zero-order valence-corrected chi connectivity index (χ0v) is 8.61. The largest absolute Gasteiger partial charge is 0.312 e. The van der Waals surface area contributed by atoms with Gasteiger partial charge in [-0.3, -0.25) is 10.1 Å². The second-order valence-corrected chi connectivity index (χ2v) is 3.08. The van der Waals surface area contributed by atoms with Crippen molar-refractivity contribution in [2.75, 3.05) is 0 Å². The van der Waals surface area contributed by atoms with Gasteiger partial charge in [-0.15, -0.1) is 12.4 Å². The SMILES string of the molecule is Cl.c1cc2ccn(-c3cn[nH]c3)c2cn1. The van der Waals surface area contributed by atoms with Gasteiger partial charge in [0.1, 0.15) is 0 Å². The molecule has 3 aromatic heterocycles. The lowest BCUT2D eigenvalue weighted by Gasteiger charge is -1.99. The monoisotopic (exact) mass is 220 g/mol. The Morgan fingerprint density at radius 2 is 2.13 bits per heavy atom. The van der Waals surface area contributed by atoms with Crippen molar-refractivity contribution in [3.63, 3.8) is 0 Å². The molecule has 1 N–H and O–H groups in total. The molecule has 0 bridgehead atoms. The molecule has 0 saturated heterocycles. The van der Waals surface area contributed by atoms with Crippen LogP contribution in [0.2, 0.25) is 0 Å². The quantitative estimate of drug-likeness (QED) is 0.683. The molecule has 0 unspecified atom stereocenters. The van der Waals surface area contributed by atoms with Crippen LogP contribution in [0.5, 0.6) is 0 Å². The maximum atomic E-state index is 4.10. The number of hydrogen-bond acceptors (Lipinski definition) is 2. The summed E-state index contributed by atoms with van der Waals surface area (Å²) >= 11 is 0. The highest BCUT2D eigenvalue weighted by Gasteiger charge is 2.02. The third kappa shape index (κ3) is 1.49. The molecule has 3 heterocycles. The Bertz CT molecular complexity index is 556. The van der Waals surface area contributed by atoms with Gasteiger partial charge in [-0.2, -0.15) is 5.10 Å². The minimum atomic E-state index is 0. The van der Waals surface area contributed by atoms with E-state index in [0.29, 0.717) is 0 Å². The molecule has 0 aliphatic heterocycles. The number of fused-ring (bicyclic) bond motifs is 1. The van der Waals surface area contributed by atoms with Crippen molar-refractivity contribution in [3.05, 3.63) is 43.1 Å². The summed E-state index contributed by atoms with van der Waals surface area (Å²) < 4.78 is 2.05. The standard InChI is InChI=1S/C10H8N4.ClH/c1-3-11-7-10-8(1)2-4-14(10)9-5-12-13-6-9;/h1-7H,(H,12,13);1H. The normalized spacial score (nSPS) is 10.1. The van der Waals surface area contributed by atoms with Crippen LogP contribution in [0.1, 0.15) is 0 Å². The predicted octanol–water partition coefficient (Wildman–Crippen LogP) is 2.17. The summed E-state index contributed by atoms with van der Waals surface area (Å²) in [4.78, 5) is 4.10. The number of nitrogens with zero attached hydrogens (tertiary/aromatic N) is 3. The Morgan fingerprint density at radius 1 is 1.20 bits per heavy atom. The van der Waals surface area contributed by atoms with Crippen molar-refractivity contribution < 1.29 is 0 Å². The molecular formula is C10H9ClN4. The lowest BCUT2D eigenvalue weighted by molar-refractivity contribution is 1.09. The first kappa shape index (κ1) is 9.73. The number of H-pyrrole nitrogens is 1. The zero-order valence-electron chi connectivity index (χ0n) is 7.79. The Balaban J connectivity index is 0.000000853. The van der Waals surface area contributed by atoms with E-state index in [-0.39, 0.29) is 12.4 Å². The lowest BCUT2D eigenvalue weighted by atomic mass is 10.3. The van der Waals surface area contributed by atoms with E-state index in [1.54, 1.807) is 12.4 Å². The molecule has 3 rings (SSSR count). The van der Waals surface area contributed by atoms with Crippen LogP contribution in [-0.2, 0) is 0 Å². The average Bonchev–Trinajstić information content (AvgIpc) is 2.85. The Hall–Kier alpha value is -1.81. The van der Waals surface area contributed by atoms with Crippen molar-refractivity contribution in [2.24, 2.45) is 0 Å². The summed E-state index contributed by atoms with van der Waals surface area (Å²) in [6.07, 6.45) is 9.29. The van der Waals surface area contributed by atoms with Crippen LogP contribution < -0.4 is 0 Å². The van der Waals surface area contributed by atoms with Gasteiger partial charge in [0.2, 0.25) is 0 Å². The number of aromatic nitrogens is 4. The minimum Gasteiger partial charge on any atom is -0.312 e. The first-order chi connectivity index (χ1) is 6.95. The Morgan fingerprint density at radius 3 is 2.93 bits per heavy atom. The lowest BCUT2D eigenvalue weighted by Crippen LogP contribution is -1.88. The zero-order chi connectivity index (χ0) is 9.38. The van der Waals surface area contributed by atoms with E-state index in [1.165, 1.54) is 5.39 Å². The van der Waals surface area contributed by atoms with Crippen LogP contribution in [0.4, 0.5) is 0 Å². The molecular weight excluding hydrogens is 212 g/mol. The Kier molecular flexibility index (Phi) is 2.43. The molecule has 5 heteroatoms. The number of nitrogens with one attached hydrogen (secondary N) is 1. The van der Waals surface area contributed by atoms with Crippen molar-refractivity contribution in [2.45, 2.75) is 0 Å². The molecule has 0 aliphatic rings. The molecule has 0 amide bonds. The molecule has 3 aromatic rings. The Labute approximate surface area is 92.4 Å². The average molecular weight is 221 g/mol. The molecule has 0 atom stereocenters. The van der Waals surface area contributed by atoms with Crippen LogP contribution in [-0.4, -0.2) is 19.7 Å². The summed E-state index contributed by atoms with van der Waals surface area (Å²) in [6.45, 7) is 0. The van der Waals surface area contributed by atoms with E-state index in [0.717, 1.165) is 11.2 Å². The summed E-state index contributed by atoms with van der Waals surface area (Å²) in [6, 6.07) is 4.05. The van der Waals surface area contributed by atoms with Gasteiger partial charge in [0.25, 0.3) is 0 Å². The molecule has 0 aliphatic carbocycles. The fraction of sp³-hybridized carbons (Fsp3) is 0. The highest BCUT2D eigenvalue weighted by molar-refractivity contribution is 5.85. The second kappa shape index (κ2) is 3.74. The van der Waals surface area contributed by atoms with Gasteiger partial charge in [-0.1, -0.05) is 0 Å². The van der Waals surface area contributed by atoms with Gasteiger partial charge in [0.15, 0.2) is 0 Å². The number of rotatable bonds is 1. The minimum absolute atomic E-state index is 0. The summed E-state index contributed by atoms with van der Waals surface area (Å²) in [5.74, 6) is 0. The first-order valence-electron chi connectivity index (χ1n) is 4.35. The van der Waals surface area contributed by atoms with E-state index in [2.05, 4.69) is 21.2 Å². The number of pyridine rings is 1. The molecule has 0 fully saturated rings. The molecule has 4 nitrogen and oxygen atoms in total. The molecule has 76 valence electrons. The van der Waals surface area contributed by atoms with E-state index >= 15 is 0 Å². The van der Waals surface area contributed by atoms with Gasteiger partial charge in [0.05, 0.1) is 23.6 Å². The summed E-state index contributed by atoms with van der Waals surface area (Å²) in [5.41, 5.74) is 2.11. The van der Waals surface area contributed by atoms with E-state index in [4.69, 9.17) is 0 Å². The van der Waals surface area contributed by atoms with Crippen molar-refractivity contribution in [1.82, 2.24) is 19.7 Å². The third-order valence-electron chi connectivity index (χ3n) is 2.26. The van der Waals surface area contributed by atoms with E-state index in [9.17, 15) is 0 Å². The molecule has 0 spiro atoms. The van der Waals surface area contributed by atoms with Crippen molar-refractivity contribution in [3.8, 4) is 5.69 Å². The number of hydrogen-bond donors (Lipinski definition) is 1. The van der Waals surface area contributed by atoms with Crippen LogP contribution in [0.3, 0.4) is 0 Å². The maximum absolute atomic E-state index is 4.10. The van der Waals surface area contributed by atoms with Gasteiger partial charge >= 0.3 is 0 Å². The highest BCUT2D eigenvalue weighted by Crippen LogP contribution is 2.17. The second-order valence-electron chi connectivity index (χ2n) is 3.08.